The van der Waals surface area contributed by atoms with Crippen molar-refractivity contribution in [3.05, 3.63) is 35.9 Å². The van der Waals surface area contributed by atoms with Crippen LogP contribution >= 0.6 is 0 Å². The minimum Gasteiger partial charge on any atom is -0.480 e. The third-order valence-electron chi connectivity index (χ3n) is 2.85. The highest BCUT2D eigenvalue weighted by atomic mass is 16.5. The molecule has 0 saturated carbocycles. The monoisotopic (exact) mass is 295 g/mol. The van der Waals surface area contributed by atoms with Crippen LogP contribution in [0, 0.1) is 0 Å². The fraction of sp³-hybridized carbons (Fsp3) is 0.467. The molecule has 0 bridgehead atoms. The average Bonchev–Trinajstić information content (AvgIpc) is 2.41. The van der Waals surface area contributed by atoms with E-state index in [0.29, 0.717) is 0 Å². The van der Waals surface area contributed by atoms with Gasteiger partial charge in [0, 0.05) is 0 Å². The molecular weight excluding hydrogens is 274 g/mol. The van der Waals surface area contributed by atoms with Crippen molar-refractivity contribution in [2.45, 2.75) is 44.9 Å². The number of nitrogens with one attached hydrogen (secondary N) is 1. The van der Waals surface area contributed by atoms with E-state index in [1.54, 1.807) is 26.0 Å². The molecule has 0 spiro atoms. The molecule has 1 aromatic rings. The lowest BCUT2D eigenvalue weighted by Gasteiger charge is -2.20. The Kier molecular flexibility index (Phi) is 6.17. The van der Waals surface area contributed by atoms with Gasteiger partial charge < -0.3 is 20.3 Å². The number of aliphatic carboxylic acids is 1. The predicted molar refractivity (Wildman–Crippen MR) is 76.7 cm³/mol. The van der Waals surface area contributed by atoms with Gasteiger partial charge in [-0.3, -0.25) is 0 Å². The lowest BCUT2D eigenvalue weighted by molar-refractivity contribution is -0.139. The van der Waals surface area contributed by atoms with Crippen molar-refractivity contribution in [2.75, 3.05) is 0 Å². The number of hydrogen-bond donors (Lipinski definition) is 3. The van der Waals surface area contributed by atoms with Crippen LogP contribution in [0.1, 0.15) is 32.3 Å². The fourth-order valence-corrected chi connectivity index (χ4v) is 1.66. The molecule has 116 valence electrons. The van der Waals surface area contributed by atoms with Crippen molar-refractivity contribution in [1.29, 1.82) is 0 Å². The second-order valence-electron chi connectivity index (χ2n) is 5.45. The van der Waals surface area contributed by atoms with Gasteiger partial charge in [-0.05, 0) is 32.3 Å². The summed E-state index contributed by atoms with van der Waals surface area (Å²) in [6.07, 6.45) is -0.413. The Morgan fingerprint density at radius 3 is 2.43 bits per heavy atom. The Balaban J connectivity index is 2.43. The molecule has 6 heteroatoms. The largest absolute Gasteiger partial charge is 0.480 e. The molecule has 0 fully saturated rings. The third kappa shape index (κ3) is 7.31. The van der Waals surface area contributed by atoms with Gasteiger partial charge in [0.2, 0.25) is 0 Å². The summed E-state index contributed by atoms with van der Waals surface area (Å²) in [6.45, 7) is 3.24. The number of carboxylic acid groups (broad SMARTS) is 1. The van der Waals surface area contributed by atoms with E-state index in [9.17, 15) is 14.7 Å². The first-order chi connectivity index (χ1) is 9.78. The van der Waals surface area contributed by atoms with Gasteiger partial charge >= 0.3 is 12.1 Å². The van der Waals surface area contributed by atoms with E-state index in [-0.39, 0.29) is 19.4 Å². The first-order valence-corrected chi connectivity index (χ1v) is 6.70. The zero-order valence-electron chi connectivity index (χ0n) is 12.2. The molecule has 0 heterocycles. The molecule has 1 amide bonds. The van der Waals surface area contributed by atoms with Crippen molar-refractivity contribution < 1.29 is 24.5 Å². The minimum atomic E-state index is -1.16. The normalized spacial score (nSPS) is 12.5. The van der Waals surface area contributed by atoms with E-state index in [1.807, 2.05) is 18.2 Å². The molecule has 3 N–H and O–H groups in total. The topological polar surface area (TPSA) is 95.9 Å². The third-order valence-corrected chi connectivity index (χ3v) is 2.85. The van der Waals surface area contributed by atoms with Crippen molar-refractivity contribution in [1.82, 2.24) is 5.32 Å². The highest BCUT2D eigenvalue weighted by Gasteiger charge is 2.24. The van der Waals surface area contributed by atoms with Crippen molar-refractivity contribution >= 4 is 12.1 Å². The summed E-state index contributed by atoms with van der Waals surface area (Å²) in [5.41, 5.74) is -0.167. The van der Waals surface area contributed by atoms with Crippen LogP contribution in [-0.4, -0.2) is 33.9 Å². The molecule has 0 aromatic heterocycles. The van der Waals surface area contributed by atoms with Crippen LogP contribution in [-0.2, 0) is 16.1 Å². The number of carbonyl (C=O) groups is 2. The van der Waals surface area contributed by atoms with Crippen LogP contribution < -0.4 is 5.32 Å². The number of carbonyl (C=O) groups excluding carboxylic acids is 1. The smallest absolute Gasteiger partial charge is 0.408 e. The van der Waals surface area contributed by atoms with Crippen LogP contribution in [0.3, 0.4) is 0 Å². The molecule has 1 aromatic carbocycles. The van der Waals surface area contributed by atoms with Crippen molar-refractivity contribution in [3.63, 3.8) is 0 Å². The lowest BCUT2D eigenvalue weighted by Crippen LogP contribution is -2.42. The Labute approximate surface area is 123 Å². The molecular formula is C15H21NO5. The predicted octanol–water partition coefficient (Wildman–Crippen LogP) is 1.92. The summed E-state index contributed by atoms with van der Waals surface area (Å²) >= 11 is 0. The number of hydrogen-bond acceptors (Lipinski definition) is 4. The number of carboxylic acids is 1. The second-order valence-corrected chi connectivity index (χ2v) is 5.45. The van der Waals surface area contributed by atoms with Crippen LogP contribution in [0.5, 0.6) is 0 Å². The molecule has 0 saturated heterocycles. The molecule has 0 aliphatic carbocycles. The molecule has 1 unspecified atom stereocenters. The summed E-state index contributed by atoms with van der Waals surface area (Å²) in [6, 6.07) is 8.01. The molecule has 0 radical (unpaired) electrons. The number of amides is 1. The number of alkyl carbamates (subject to hydrolysis) is 1. The van der Waals surface area contributed by atoms with Crippen LogP contribution in [0.25, 0.3) is 0 Å². The maximum atomic E-state index is 11.6. The van der Waals surface area contributed by atoms with E-state index in [1.165, 1.54) is 0 Å². The Morgan fingerprint density at radius 2 is 1.90 bits per heavy atom. The number of benzene rings is 1. The van der Waals surface area contributed by atoms with Gasteiger partial charge in [0.1, 0.15) is 12.6 Å². The fourth-order valence-electron chi connectivity index (χ4n) is 1.66. The summed E-state index contributed by atoms with van der Waals surface area (Å²) in [5.74, 6) is -1.16. The molecule has 1 atom stereocenters. The summed E-state index contributed by atoms with van der Waals surface area (Å²) < 4.78 is 4.96. The maximum absolute atomic E-state index is 11.6. The zero-order valence-corrected chi connectivity index (χ0v) is 12.2. The van der Waals surface area contributed by atoms with E-state index in [4.69, 9.17) is 9.84 Å². The highest BCUT2D eigenvalue weighted by molar-refractivity contribution is 5.79. The molecule has 0 aliphatic rings. The summed E-state index contributed by atoms with van der Waals surface area (Å²) in [5, 5.41) is 20.9. The summed E-state index contributed by atoms with van der Waals surface area (Å²) in [7, 11) is 0. The number of rotatable bonds is 7. The molecule has 6 nitrogen and oxygen atoms in total. The van der Waals surface area contributed by atoms with Crippen molar-refractivity contribution in [3.8, 4) is 0 Å². The number of ether oxygens (including phenoxy) is 1. The van der Waals surface area contributed by atoms with E-state index in [2.05, 4.69) is 5.32 Å². The van der Waals surface area contributed by atoms with Gasteiger partial charge in [0.15, 0.2) is 0 Å². The SMILES string of the molecule is CC(C)(O)CCC(NC(=O)OCc1ccccc1)C(=O)O. The minimum absolute atomic E-state index is 0.0739. The number of aliphatic hydroxyl groups is 1. The first kappa shape index (κ1) is 17.0. The van der Waals surface area contributed by atoms with Crippen LogP contribution in [0.4, 0.5) is 4.79 Å². The van der Waals surface area contributed by atoms with Gasteiger partial charge in [-0.2, -0.15) is 0 Å². The van der Waals surface area contributed by atoms with Gasteiger partial charge in [-0.1, -0.05) is 30.3 Å². The Morgan fingerprint density at radius 1 is 1.29 bits per heavy atom. The highest BCUT2D eigenvalue weighted by Crippen LogP contribution is 2.12. The van der Waals surface area contributed by atoms with E-state index in [0.717, 1.165) is 5.56 Å². The van der Waals surface area contributed by atoms with Gasteiger partial charge in [-0.25, -0.2) is 9.59 Å². The van der Waals surface area contributed by atoms with Gasteiger partial charge in [-0.15, -0.1) is 0 Å². The molecule has 0 aliphatic heterocycles. The van der Waals surface area contributed by atoms with Crippen molar-refractivity contribution in [2.24, 2.45) is 0 Å². The zero-order chi connectivity index (χ0) is 15.9. The quantitative estimate of drug-likeness (QED) is 0.714. The molecule has 1 rings (SSSR count). The standard InChI is InChI=1S/C15H21NO5/c1-15(2,20)9-8-12(13(17)18)16-14(19)21-10-11-6-4-3-5-7-11/h3-7,12,20H,8-10H2,1-2H3,(H,16,19)(H,17,18). The van der Waals surface area contributed by atoms with E-state index >= 15 is 0 Å². The lowest BCUT2D eigenvalue weighted by atomic mass is 9.99. The Hall–Kier alpha value is -2.08. The maximum Gasteiger partial charge on any atom is 0.408 e. The van der Waals surface area contributed by atoms with Gasteiger partial charge in [0.05, 0.1) is 5.60 Å². The van der Waals surface area contributed by atoms with E-state index < -0.39 is 23.7 Å². The summed E-state index contributed by atoms with van der Waals surface area (Å²) in [4.78, 5) is 22.7. The average molecular weight is 295 g/mol. The van der Waals surface area contributed by atoms with Crippen LogP contribution in [0.15, 0.2) is 30.3 Å². The second kappa shape index (κ2) is 7.64. The van der Waals surface area contributed by atoms with Crippen LogP contribution in [0.2, 0.25) is 0 Å². The first-order valence-electron chi connectivity index (χ1n) is 6.70. The molecule has 21 heavy (non-hydrogen) atoms. The Bertz CT molecular complexity index is 467. The van der Waals surface area contributed by atoms with Gasteiger partial charge in [0.25, 0.3) is 0 Å².